The fraction of sp³-hybridized carbons (Fsp3) is 0.100. The van der Waals surface area contributed by atoms with Crippen LogP contribution in [0, 0.1) is 13.8 Å². The van der Waals surface area contributed by atoms with E-state index in [1.54, 1.807) is 6.07 Å². The predicted molar refractivity (Wildman–Crippen MR) is 98.0 cm³/mol. The number of benzene rings is 3. The van der Waals surface area contributed by atoms with Gasteiger partial charge in [-0.1, -0.05) is 42.5 Å². The van der Waals surface area contributed by atoms with Gasteiger partial charge in [-0.15, -0.1) is 0 Å². The van der Waals surface area contributed by atoms with Gasteiger partial charge in [0.25, 0.3) is 5.91 Å². The van der Waals surface area contributed by atoms with Crippen molar-refractivity contribution in [2.75, 3.05) is 5.32 Å². The molecule has 0 aromatic heterocycles. The van der Waals surface area contributed by atoms with Crippen LogP contribution in [0.2, 0.25) is 0 Å². The normalized spacial score (nSPS) is 10.5. The molecule has 0 radical (unpaired) electrons. The number of hydrogen-bond acceptors (Lipinski definition) is 3. The molecule has 0 unspecified atom stereocenters. The van der Waals surface area contributed by atoms with Crippen LogP contribution in [0.5, 0.6) is 5.75 Å². The summed E-state index contributed by atoms with van der Waals surface area (Å²) in [6.07, 6.45) is 0. The monoisotopic (exact) mass is 334 g/mol. The fourth-order valence-corrected chi connectivity index (χ4v) is 2.74. The second kappa shape index (κ2) is 6.65. The second-order valence-electron chi connectivity index (χ2n) is 5.89. The van der Waals surface area contributed by atoms with Crippen LogP contribution >= 0.6 is 0 Å². The van der Waals surface area contributed by atoms with Crippen molar-refractivity contribution in [3.05, 3.63) is 71.3 Å². The summed E-state index contributed by atoms with van der Waals surface area (Å²) in [4.78, 5) is 24.5. The molecule has 0 spiro atoms. The number of aromatic hydroxyl groups is 1. The largest absolute Gasteiger partial charge is 0.507 e. The zero-order valence-corrected chi connectivity index (χ0v) is 14.0. The number of imide groups is 1. The number of fused-ring (bicyclic) bond motifs is 1. The molecule has 0 bridgehead atoms. The lowest BCUT2D eigenvalue weighted by Gasteiger charge is -2.12. The van der Waals surface area contributed by atoms with Gasteiger partial charge in [-0.3, -0.25) is 10.1 Å². The maximum Gasteiger partial charge on any atom is 0.326 e. The van der Waals surface area contributed by atoms with Crippen LogP contribution < -0.4 is 10.6 Å². The summed E-state index contributed by atoms with van der Waals surface area (Å²) in [5, 5.41) is 16.6. The Morgan fingerprint density at radius 3 is 2.12 bits per heavy atom. The highest BCUT2D eigenvalue weighted by Gasteiger charge is 2.16. The lowest BCUT2D eigenvalue weighted by atomic mass is 10.1. The van der Waals surface area contributed by atoms with Crippen LogP contribution in [0.4, 0.5) is 10.5 Å². The molecule has 0 aliphatic heterocycles. The van der Waals surface area contributed by atoms with E-state index in [0.29, 0.717) is 5.69 Å². The molecule has 0 atom stereocenters. The van der Waals surface area contributed by atoms with Crippen molar-refractivity contribution in [1.82, 2.24) is 5.32 Å². The van der Waals surface area contributed by atoms with Crippen LogP contribution in [-0.4, -0.2) is 17.0 Å². The highest BCUT2D eigenvalue weighted by atomic mass is 16.3. The molecule has 0 aliphatic rings. The van der Waals surface area contributed by atoms with E-state index in [-0.39, 0.29) is 11.3 Å². The number of para-hydroxylation sites is 1. The Bertz CT molecular complexity index is 960. The number of amides is 3. The van der Waals surface area contributed by atoms with Crippen molar-refractivity contribution in [3.8, 4) is 5.75 Å². The van der Waals surface area contributed by atoms with E-state index >= 15 is 0 Å². The number of aryl methyl sites for hydroxylation is 2. The van der Waals surface area contributed by atoms with E-state index in [2.05, 4.69) is 10.6 Å². The number of phenolic OH excluding ortho intramolecular Hbond substituents is 1. The molecule has 3 amide bonds. The number of hydrogen-bond donors (Lipinski definition) is 3. The van der Waals surface area contributed by atoms with E-state index in [9.17, 15) is 14.7 Å². The molecule has 3 aromatic rings. The first-order valence-electron chi connectivity index (χ1n) is 7.86. The quantitative estimate of drug-likeness (QED) is 0.659. The SMILES string of the molecule is Cc1cccc(C)c1NC(=O)NC(=O)c1cc2ccccc2cc1O. The van der Waals surface area contributed by atoms with Crippen molar-refractivity contribution in [3.63, 3.8) is 0 Å². The van der Waals surface area contributed by atoms with Crippen molar-refractivity contribution in [1.29, 1.82) is 0 Å². The number of carbonyl (C=O) groups excluding carboxylic acids is 2. The minimum atomic E-state index is -0.660. The van der Waals surface area contributed by atoms with Crippen LogP contribution in [-0.2, 0) is 0 Å². The Morgan fingerprint density at radius 2 is 1.48 bits per heavy atom. The van der Waals surface area contributed by atoms with E-state index in [4.69, 9.17) is 0 Å². The van der Waals surface area contributed by atoms with E-state index in [0.717, 1.165) is 21.9 Å². The Kier molecular flexibility index (Phi) is 4.39. The van der Waals surface area contributed by atoms with Crippen LogP contribution in [0.15, 0.2) is 54.6 Å². The van der Waals surface area contributed by atoms with E-state index in [1.807, 2.05) is 56.3 Å². The van der Waals surface area contributed by atoms with Gasteiger partial charge in [-0.25, -0.2) is 4.79 Å². The first kappa shape index (κ1) is 16.5. The zero-order chi connectivity index (χ0) is 18.0. The lowest BCUT2D eigenvalue weighted by Crippen LogP contribution is -2.34. The standard InChI is InChI=1S/C20H18N2O3/c1-12-6-5-7-13(2)18(12)21-20(25)22-19(24)16-10-14-8-3-4-9-15(14)11-17(16)23/h3-11,23H,1-2H3,(H2,21,22,24,25). The summed E-state index contributed by atoms with van der Waals surface area (Å²) < 4.78 is 0. The molecule has 0 heterocycles. The Morgan fingerprint density at radius 1 is 0.880 bits per heavy atom. The third-order valence-electron chi connectivity index (χ3n) is 4.06. The van der Waals surface area contributed by atoms with Gasteiger partial charge in [0.15, 0.2) is 0 Å². The van der Waals surface area contributed by atoms with Crippen molar-refractivity contribution < 1.29 is 14.7 Å². The molecular weight excluding hydrogens is 316 g/mol. The molecule has 3 aromatic carbocycles. The maximum atomic E-state index is 12.3. The van der Waals surface area contributed by atoms with E-state index < -0.39 is 11.9 Å². The topological polar surface area (TPSA) is 78.4 Å². The van der Waals surface area contributed by atoms with Gasteiger partial charge in [0.05, 0.1) is 5.56 Å². The number of urea groups is 1. The zero-order valence-electron chi connectivity index (χ0n) is 14.0. The fourth-order valence-electron chi connectivity index (χ4n) is 2.74. The molecule has 0 aliphatic carbocycles. The summed E-state index contributed by atoms with van der Waals surface area (Å²) in [6.45, 7) is 3.75. The molecule has 0 fully saturated rings. The molecule has 0 saturated heterocycles. The highest BCUT2D eigenvalue weighted by Crippen LogP contribution is 2.25. The Labute approximate surface area is 145 Å². The van der Waals surface area contributed by atoms with Crippen LogP contribution in [0.3, 0.4) is 0 Å². The highest BCUT2D eigenvalue weighted by molar-refractivity contribution is 6.11. The van der Waals surface area contributed by atoms with Gasteiger partial charge in [-0.05, 0) is 47.9 Å². The van der Waals surface area contributed by atoms with Gasteiger partial charge < -0.3 is 10.4 Å². The van der Waals surface area contributed by atoms with Crippen LogP contribution in [0.25, 0.3) is 10.8 Å². The Hall–Kier alpha value is -3.34. The third-order valence-corrected chi connectivity index (χ3v) is 4.06. The minimum absolute atomic E-state index is 0.0513. The number of phenols is 1. The maximum absolute atomic E-state index is 12.3. The smallest absolute Gasteiger partial charge is 0.326 e. The van der Waals surface area contributed by atoms with Gasteiger partial charge in [0.2, 0.25) is 0 Å². The van der Waals surface area contributed by atoms with Gasteiger partial charge >= 0.3 is 6.03 Å². The molecule has 3 N–H and O–H groups in total. The van der Waals surface area contributed by atoms with Gasteiger partial charge in [0, 0.05) is 5.69 Å². The number of nitrogens with one attached hydrogen (secondary N) is 2. The lowest BCUT2D eigenvalue weighted by molar-refractivity contribution is 0.0964. The second-order valence-corrected chi connectivity index (χ2v) is 5.89. The van der Waals surface area contributed by atoms with Crippen molar-refractivity contribution in [2.24, 2.45) is 0 Å². The molecule has 126 valence electrons. The summed E-state index contributed by atoms with van der Waals surface area (Å²) in [7, 11) is 0. The predicted octanol–water partition coefficient (Wildman–Crippen LogP) is 4.12. The van der Waals surface area contributed by atoms with Gasteiger partial charge in [0.1, 0.15) is 5.75 Å². The molecule has 5 heteroatoms. The van der Waals surface area contributed by atoms with Gasteiger partial charge in [-0.2, -0.15) is 0 Å². The average molecular weight is 334 g/mol. The summed E-state index contributed by atoms with van der Waals surface area (Å²) in [5.74, 6) is -0.830. The summed E-state index contributed by atoms with van der Waals surface area (Å²) in [5.41, 5.74) is 2.51. The molecule has 25 heavy (non-hydrogen) atoms. The Balaban J connectivity index is 1.80. The number of rotatable bonds is 2. The van der Waals surface area contributed by atoms with Crippen molar-refractivity contribution >= 4 is 28.4 Å². The number of anilines is 1. The molecule has 5 nitrogen and oxygen atoms in total. The molecular formula is C20H18N2O3. The average Bonchev–Trinajstić information content (AvgIpc) is 2.57. The van der Waals surface area contributed by atoms with Crippen molar-refractivity contribution in [2.45, 2.75) is 13.8 Å². The number of carbonyl (C=O) groups is 2. The van der Waals surface area contributed by atoms with Crippen LogP contribution in [0.1, 0.15) is 21.5 Å². The summed E-state index contributed by atoms with van der Waals surface area (Å²) in [6, 6.07) is 15.4. The first-order chi connectivity index (χ1) is 12.0. The third kappa shape index (κ3) is 3.45. The molecule has 0 saturated carbocycles. The minimum Gasteiger partial charge on any atom is -0.507 e. The summed E-state index contributed by atoms with van der Waals surface area (Å²) >= 11 is 0. The first-order valence-corrected chi connectivity index (χ1v) is 7.86. The van der Waals surface area contributed by atoms with E-state index in [1.165, 1.54) is 6.07 Å². The molecule has 3 rings (SSSR count).